The molecule has 0 amide bonds. The number of carboxylic acid groups (broad SMARTS) is 1. The van der Waals surface area contributed by atoms with Gasteiger partial charge in [-0.25, -0.2) is 8.42 Å². The largest absolute Gasteiger partial charge is 0.480 e. The maximum absolute atomic E-state index is 13.0. The third-order valence-corrected chi connectivity index (χ3v) is 7.50. The summed E-state index contributed by atoms with van der Waals surface area (Å²) in [6, 6.07) is 13.3. The number of esters is 2. The molecule has 34 heavy (non-hydrogen) atoms. The number of rotatable bonds is 7. The van der Waals surface area contributed by atoms with Crippen LogP contribution < -0.4 is 0 Å². The fourth-order valence-electron chi connectivity index (χ4n) is 3.91. The predicted molar refractivity (Wildman–Crippen MR) is 123 cm³/mol. The van der Waals surface area contributed by atoms with Crippen molar-refractivity contribution < 1.29 is 37.4 Å². The highest BCUT2D eigenvalue weighted by atomic mass is 32.2. The van der Waals surface area contributed by atoms with Crippen molar-refractivity contribution in [2.45, 2.75) is 50.1 Å². The molecule has 0 radical (unpaired) electrons. The van der Waals surface area contributed by atoms with Gasteiger partial charge < -0.3 is 14.6 Å². The Morgan fingerprint density at radius 1 is 1.00 bits per heavy atom. The lowest BCUT2D eigenvalue weighted by Crippen LogP contribution is -2.66. The molecule has 2 aromatic rings. The second-order valence-electron chi connectivity index (χ2n) is 8.90. The molecule has 10 heteroatoms. The molecule has 1 aliphatic heterocycles. The summed E-state index contributed by atoms with van der Waals surface area (Å²) in [7, 11) is -3.34. The van der Waals surface area contributed by atoms with Crippen molar-refractivity contribution in [3.63, 3.8) is 0 Å². The lowest BCUT2D eigenvalue weighted by Gasteiger charge is -2.47. The Kier molecular flexibility index (Phi) is 7.13. The van der Waals surface area contributed by atoms with Crippen LogP contribution in [0.5, 0.6) is 0 Å². The highest BCUT2D eigenvalue weighted by Gasteiger charge is 2.63. The van der Waals surface area contributed by atoms with E-state index < -0.39 is 57.3 Å². The van der Waals surface area contributed by atoms with E-state index in [0.717, 1.165) is 18.2 Å². The van der Waals surface area contributed by atoms with Gasteiger partial charge in [-0.15, -0.1) is 0 Å². The summed E-state index contributed by atoms with van der Waals surface area (Å²) in [4.78, 5) is 36.8. The number of sulfonamides is 1. The third kappa shape index (κ3) is 5.13. The molecule has 182 valence electrons. The van der Waals surface area contributed by atoms with Crippen LogP contribution in [-0.4, -0.2) is 59.7 Å². The van der Waals surface area contributed by atoms with Crippen LogP contribution >= 0.6 is 0 Å². The zero-order valence-corrected chi connectivity index (χ0v) is 20.1. The molecule has 3 atom stereocenters. The Morgan fingerprint density at radius 2 is 1.56 bits per heavy atom. The maximum atomic E-state index is 13.0. The van der Waals surface area contributed by atoms with Gasteiger partial charge in [-0.3, -0.25) is 14.4 Å². The van der Waals surface area contributed by atoms with Crippen molar-refractivity contribution in [3.05, 3.63) is 60.2 Å². The van der Waals surface area contributed by atoms with E-state index in [0.29, 0.717) is 9.87 Å². The average molecular weight is 490 g/mol. The summed E-state index contributed by atoms with van der Waals surface area (Å²) in [6.45, 7) is 4.85. The minimum absolute atomic E-state index is 0.403. The quantitative estimate of drug-likeness (QED) is 0.588. The molecule has 2 aromatic carbocycles. The van der Waals surface area contributed by atoms with E-state index in [9.17, 15) is 27.9 Å². The molecule has 3 rings (SSSR count). The first-order valence-electron chi connectivity index (χ1n) is 10.6. The standard InChI is InChI=1S/C24H27NO8S/c1-24(2,3)33-19(26)14-18(22(27)28)25-20(21(23(29)32-4)34(25,30)31)17-12-10-16(11-13-17)15-8-6-5-7-9-15/h5-13,18,20-21H,14H2,1-4H3,(H,27,28)/t18-,20?,21?/m1/s1. The van der Waals surface area contributed by atoms with Crippen LogP contribution in [0.25, 0.3) is 11.1 Å². The van der Waals surface area contributed by atoms with Gasteiger partial charge in [0.05, 0.1) is 19.6 Å². The van der Waals surface area contributed by atoms with Crippen molar-refractivity contribution in [2.75, 3.05) is 7.11 Å². The third-order valence-electron chi connectivity index (χ3n) is 5.34. The number of nitrogens with zero attached hydrogens (tertiary/aromatic N) is 1. The minimum Gasteiger partial charge on any atom is -0.480 e. The molecule has 0 aromatic heterocycles. The second kappa shape index (κ2) is 9.55. The van der Waals surface area contributed by atoms with Gasteiger partial charge in [0.25, 0.3) is 0 Å². The summed E-state index contributed by atoms with van der Waals surface area (Å²) in [5.74, 6) is -3.40. The van der Waals surface area contributed by atoms with Gasteiger partial charge in [-0.2, -0.15) is 4.31 Å². The first kappa shape index (κ1) is 25.4. The fraction of sp³-hybridized carbons (Fsp3) is 0.375. The summed E-state index contributed by atoms with van der Waals surface area (Å²) >= 11 is 0. The molecule has 1 N–H and O–H groups in total. The van der Waals surface area contributed by atoms with E-state index in [4.69, 9.17) is 4.74 Å². The molecule has 2 unspecified atom stereocenters. The lowest BCUT2D eigenvalue weighted by atomic mass is 9.97. The Labute approximate surface area is 198 Å². The summed E-state index contributed by atoms with van der Waals surface area (Å²) in [5, 5.41) is 8.17. The van der Waals surface area contributed by atoms with Crippen LogP contribution in [0.15, 0.2) is 54.6 Å². The highest BCUT2D eigenvalue weighted by Crippen LogP contribution is 2.45. The summed E-state index contributed by atoms with van der Waals surface area (Å²) in [5.41, 5.74) is 1.32. The number of aliphatic carboxylic acids is 1. The molecule has 0 aliphatic carbocycles. The van der Waals surface area contributed by atoms with Crippen molar-refractivity contribution in [3.8, 4) is 11.1 Å². The number of ether oxygens (including phenoxy) is 2. The number of hydrogen-bond donors (Lipinski definition) is 1. The monoisotopic (exact) mass is 489 g/mol. The van der Waals surface area contributed by atoms with Crippen LogP contribution in [-0.2, 0) is 33.9 Å². The SMILES string of the molecule is COC(=O)C1C(c2ccc(-c3ccccc3)cc2)N([C@H](CC(=O)OC(C)(C)C)C(=O)O)S1(=O)=O. The molecule has 9 nitrogen and oxygen atoms in total. The smallest absolute Gasteiger partial charge is 0.327 e. The van der Waals surface area contributed by atoms with Gasteiger partial charge in [-0.1, -0.05) is 54.6 Å². The Morgan fingerprint density at radius 3 is 2.06 bits per heavy atom. The Balaban J connectivity index is 1.99. The topological polar surface area (TPSA) is 127 Å². The van der Waals surface area contributed by atoms with Gasteiger partial charge in [-0.05, 0) is 37.5 Å². The summed E-state index contributed by atoms with van der Waals surface area (Å²) < 4.78 is 36.7. The van der Waals surface area contributed by atoms with Gasteiger partial charge in [0.1, 0.15) is 11.6 Å². The number of benzene rings is 2. The highest BCUT2D eigenvalue weighted by molar-refractivity contribution is 7.92. The van der Waals surface area contributed by atoms with Gasteiger partial charge >= 0.3 is 17.9 Å². The number of carbonyl (C=O) groups excluding carboxylic acids is 2. The van der Waals surface area contributed by atoms with E-state index in [-0.39, 0.29) is 0 Å². The van der Waals surface area contributed by atoms with Crippen LogP contribution in [0, 0.1) is 0 Å². The second-order valence-corrected chi connectivity index (χ2v) is 10.9. The zero-order valence-electron chi connectivity index (χ0n) is 19.3. The molecular weight excluding hydrogens is 462 g/mol. The van der Waals surface area contributed by atoms with E-state index >= 15 is 0 Å². The number of hydrogen-bond acceptors (Lipinski definition) is 7. The minimum atomic E-state index is -4.40. The molecule has 0 spiro atoms. The van der Waals surface area contributed by atoms with Crippen LogP contribution in [0.1, 0.15) is 38.8 Å². The number of carbonyl (C=O) groups is 3. The molecular formula is C24H27NO8S. The molecule has 1 fully saturated rings. The van der Waals surface area contributed by atoms with Gasteiger partial charge in [0, 0.05) is 0 Å². The van der Waals surface area contributed by atoms with Crippen LogP contribution in [0.4, 0.5) is 0 Å². The van der Waals surface area contributed by atoms with Gasteiger partial charge in [0.2, 0.25) is 10.0 Å². The lowest BCUT2D eigenvalue weighted by molar-refractivity contribution is -0.160. The first-order valence-corrected chi connectivity index (χ1v) is 12.1. The van der Waals surface area contributed by atoms with Crippen molar-refractivity contribution in [1.82, 2.24) is 4.31 Å². The van der Waals surface area contributed by atoms with E-state index in [1.54, 1.807) is 45.0 Å². The molecule has 1 aliphatic rings. The van der Waals surface area contributed by atoms with Crippen molar-refractivity contribution in [1.29, 1.82) is 0 Å². The Bertz CT molecular complexity index is 1170. The molecule has 1 heterocycles. The van der Waals surface area contributed by atoms with E-state index in [1.807, 2.05) is 30.3 Å². The van der Waals surface area contributed by atoms with Crippen molar-refractivity contribution in [2.24, 2.45) is 0 Å². The van der Waals surface area contributed by atoms with E-state index in [2.05, 4.69) is 4.74 Å². The molecule has 0 saturated carbocycles. The fourth-order valence-corrected chi connectivity index (χ4v) is 6.01. The van der Waals surface area contributed by atoms with Gasteiger partial charge in [0.15, 0.2) is 5.25 Å². The first-order chi connectivity index (χ1) is 15.9. The van der Waals surface area contributed by atoms with Crippen molar-refractivity contribution >= 4 is 27.9 Å². The maximum Gasteiger partial charge on any atom is 0.327 e. The zero-order chi connectivity index (χ0) is 25.3. The number of methoxy groups -OCH3 is 1. The predicted octanol–water partition coefficient (Wildman–Crippen LogP) is 2.77. The van der Waals surface area contributed by atoms with E-state index in [1.165, 1.54) is 0 Å². The number of carboxylic acids is 1. The van der Waals surface area contributed by atoms with Crippen LogP contribution in [0.2, 0.25) is 0 Å². The molecule has 0 bridgehead atoms. The summed E-state index contributed by atoms with van der Waals surface area (Å²) in [6.07, 6.45) is -0.710. The molecule has 1 saturated heterocycles. The normalized spacial score (nSPS) is 20.6. The average Bonchev–Trinajstić information content (AvgIpc) is 2.76. The Hall–Kier alpha value is -3.24. The van der Waals surface area contributed by atoms with Crippen LogP contribution in [0.3, 0.4) is 0 Å².